The Labute approximate surface area is 120 Å². The molecule has 2 aromatic carbocycles. The van der Waals surface area contributed by atoms with Crippen LogP contribution in [0.4, 0.5) is 11.6 Å². The van der Waals surface area contributed by atoms with E-state index in [1.807, 2.05) is 30.3 Å². The van der Waals surface area contributed by atoms with Crippen LogP contribution in [0.5, 0.6) is 0 Å². The minimum atomic E-state index is -0.953. The maximum Gasteiger partial charge on any atom is 0.335 e. The van der Waals surface area contributed by atoms with Crippen molar-refractivity contribution in [2.45, 2.75) is 0 Å². The zero-order valence-corrected chi connectivity index (χ0v) is 10.9. The summed E-state index contributed by atoms with van der Waals surface area (Å²) < 4.78 is 0. The Morgan fingerprint density at radius 1 is 1.05 bits per heavy atom. The van der Waals surface area contributed by atoms with Gasteiger partial charge in [0.05, 0.1) is 5.56 Å². The molecule has 0 bridgehead atoms. The lowest BCUT2D eigenvalue weighted by atomic mass is 10.2. The van der Waals surface area contributed by atoms with E-state index in [1.54, 1.807) is 12.1 Å². The standard InChI is InChI=1S/C15H12N4O2/c20-14(21)11-6-8-12(9-7-11)16-15-17-13(18-19-15)10-4-2-1-3-5-10/h1-9H,(H,20,21)(H2,16,17,18,19). The number of anilines is 2. The molecule has 3 aromatic rings. The molecule has 0 atom stereocenters. The smallest absolute Gasteiger partial charge is 0.335 e. The SMILES string of the molecule is O=C(O)c1ccc(Nc2n[nH]c(-c3ccccc3)n2)cc1. The van der Waals surface area contributed by atoms with E-state index in [2.05, 4.69) is 20.5 Å². The molecule has 0 saturated heterocycles. The van der Waals surface area contributed by atoms with Crippen molar-refractivity contribution in [1.29, 1.82) is 0 Å². The Bertz CT molecular complexity index is 751. The molecule has 6 nitrogen and oxygen atoms in total. The van der Waals surface area contributed by atoms with E-state index < -0.39 is 5.97 Å². The maximum atomic E-state index is 10.8. The third-order valence-electron chi connectivity index (χ3n) is 2.92. The molecule has 3 N–H and O–H groups in total. The highest BCUT2D eigenvalue weighted by Crippen LogP contribution is 2.18. The second-order valence-corrected chi connectivity index (χ2v) is 4.38. The average Bonchev–Trinajstić information content (AvgIpc) is 2.97. The Morgan fingerprint density at radius 2 is 1.76 bits per heavy atom. The van der Waals surface area contributed by atoms with E-state index >= 15 is 0 Å². The van der Waals surface area contributed by atoms with Crippen molar-refractivity contribution in [3.63, 3.8) is 0 Å². The van der Waals surface area contributed by atoms with E-state index in [0.717, 1.165) is 11.3 Å². The largest absolute Gasteiger partial charge is 0.478 e. The fraction of sp³-hybridized carbons (Fsp3) is 0. The fourth-order valence-corrected chi connectivity index (χ4v) is 1.87. The van der Waals surface area contributed by atoms with Gasteiger partial charge in [0.1, 0.15) is 0 Å². The number of nitrogens with one attached hydrogen (secondary N) is 2. The van der Waals surface area contributed by atoms with Gasteiger partial charge in [0, 0.05) is 11.3 Å². The second-order valence-electron chi connectivity index (χ2n) is 4.38. The van der Waals surface area contributed by atoms with E-state index in [0.29, 0.717) is 11.8 Å². The summed E-state index contributed by atoms with van der Waals surface area (Å²) in [5.41, 5.74) is 1.90. The molecular formula is C15H12N4O2. The average molecular weight is 280 g/mol. The van der Waals surface area contributed by atoms with Gasteiger partial charge >= 0.3 is 5.97 Å². The van der Waals surface area contributed by atoms with Gasteiger partial charge in [-0.3, -0.25) is 5.10 Å². The van der Waals surface area contributed by atoms with Gasteiger partial charge in [0.2, 0.25) is 5.95 Å². The number of rotatable bonds is 4. The van der Waals surface area contributed by atoms with Crippen LogP contribution in [-0.2, 0) is 0 Å². The fourth-order valence-electron chi connectivity index (χ4n) is 1.87. The summed E-state index contributed by atoms with van der Waals surface area (Å²) in [6, 6.07) is 16.0. The number of aromatic amines is 1. The minimum absolute atomic E-state index is 0.237. The molecule has 1 aromatic heterocycles. The predicted molar refractivity (Wildman–Crippen MR) is 78.5 cm³/mol. The van der Waals surface area contributed by atoms with Crippen molar-refractivity contribution in [2.75, 3.05) is 5.32 Å². The summed E-state index contributed by atoms with van der Waals surface area (Å²) in [6.45, 7) is 0. The Balaban J connectivity index is 1.77. The van der Waals surface area contributed by atoms with E-state index in [9.17, 15) is 4.79 Å². The highest BCUT2D eigenvalue weighted by atomic mass is 16.4. The van der Waals surface area contributed by atoms with Crippen LogP contribution in [0.3, 0.4) is 0 Å². The second kappa shape index (κ2) is 5.46. The number of nitrogens with zero attached hydrogens (tertiary/aromatic N) is 2. The topological polar surface area (TPSA) is 90.9 Å². The van der Waals surface area contributed by atoms with Crippen LogP contribution in [-0.4, -0.2) is 26.3 Å². The van der Waals surface area contributed by atoms with Crippen molar-refractivity contribution in [1.82, 2.24) is 15.2 Å². The third kappa shape index (κ3) is 2.89. The lowest BCUT2D eigenvalue weighted by molar-refractivity contribution is 0.0697. The lowest BCUT2D eigenvalue weighted by Gasteiger charge is -2.01. The van der Waals surface area contributed by atoms with Crippen molar-refractivity contribution in [3.8, 4) is 11.4 Å². The van der Waals surface area contributed by atoms with Crippen molar-refractivity contribution >= 4 is 17.6 Å². The summed E-state index contributed by atoms with van der Waals surface area (Å²) in [4.78, 5) is 15.1. The van der Waals surface area contributed by atoms with Crippen molar-refractivity contribution in [2.24, 2.45) is 0 Å². The first-order valence-electron chi connectivity index (χ1n) is 6.30. The van der Waals surface area contributed by atoms with Gasteiger partial charge in [-0.15, -0.1) is 5.10 Å². The summed E-state index contributed by atoms with van der Waals surface area (Å²) in [7, 11) is 0. The van der Waals surface area contributed by atoms with E-state index in [4.69, 9.17) is 5.11 Å². The zero-order chi connectivity index (χ0) is 14.7. The molecule has 0 aliphatic carbocycles. The molecule has 0 saturated carbocycles. The first-order valence-corrected chi connectivity index (χ1v) is 6.30. The van der Waals surface area contributed by atoms with E-state index in [1.165, 1.54) is 12.1 Å². The van der Waals surface area contributed by atoms with Gasteiger partial charge in [-0.2, -0.15) is 4.98 Å². The molecule has 6 heteroatoms. The highest BCUT2D eigenvalue weighted by Gasteiger charge is 2.06. The quantitative estimate of drug-likeness (QED) is 0.683. The number of carboxylic acid groups (broad SMARTS) is 1. The molecular weight excluding hydrogens is 268 g/mol. The molecule has 104 valence electrons. The van der Waals surface area contributed by atoms with Gasteiger partial charge < -0.3 is 10.4 Å². The van der Waals surface area contributed by atoms with Crippen LogP contribution in [0.25, 0.3) is 11.4 Å². The first-order chi connectivity index (χ1) is 10.2. The van der Waals surface area contributed by atoms with Crippen LogP contribution >= 0.6 is 0 Å². The molecule has 0 radical (unpaired) electrons. The van der Waals surface area contributed by atoms with Crippen LogP contribution in [0.2, 0.25) is 0 Å². The molecule has 3 rings (SSSR count). The highest BCUT2D eigenvalue weighted by molar-refractivity contribution is 5.88. The summed E-state index contributed by atoms with van der Waals surface area (Å²) >= 11 is 0. The number of aromatic nitrogens is 3. The third-order valence-corrected chi connectivity index (χ3v) is 2.92. The predicted octanol–water partition coefficient (Wildman–Crippen LogP) is 2.91. The molecule has 0 aliphatic rings. The lowest BCUT2D eigenvalue weighted by Crippen LogP contribution is -1.97. The molecule has 0 aliphatic heterocycles. The number of hydrogen-bond donors (Lipinski definition) is 3. The molecule has 0 amide bonds. The summed E-state index contributed by atoms with van der Waals surface area (Å²) in [5.74, 6) is 0.142. The van der Waals surface area contributed by atoms with Gasteiger partial charge in [-0.05, 0) is 24.3 Å². The van der Waals surface area contributed by atoms with Gasteiger partial charge in [0.25, 0.3) is 0 Å². The number of aromatic carboxylic acids is 1. The molecule has 0 unspecified atom stereocenters. The van der Waals surface area contributed by atoms with Crippen molar-refractivity contribution < 1.29 is 9.90 Å². The zero-order valence-electron chi connectivity index (χ0n) is 10.9. The molecule has 21 heavy (non-hydrogen) atoms. The maximum absolute atomic E-state index is 10.8. The van der Waals surface area contributed by atoms with Gasteiger partial charge in [0.15, 0.2) is 5.82 Å². The van der Waals surface area contributed by atoms with Gasteiger partial charge in [-0.1, -0.05) is 30.3 Å². The first kappa shape index (κ1) is 12.9. The molecule has 0 spiro atoms. The number of H-pyrrole nitrogens is 1. The monoisotopic (exact) mass is 280 g/mol. The number of carboxylic acids is 1. The van der Waals surface area contributed by atoms with Gasteiger partial charge in [-0.25, -0.2) is 4.79 Å². The van der Waals surface area contributed by atoms with Crippen LogP contribution in [0, 0.1) is 0 Å². The summed E-state index contributed by atoms with van der Waals surface area (Å²) in [6.07, 6.45) is 0. The van der Waals surface area contributed by atoms with Crippen LogP contribution in [0.1, 0.15) is 10.4 Å². The van der Waals surface area contributed by atoms with Crippen molar-refractivity contribution in [3.05, 3.63) is 60.2 Å². The number of hydrogen-bond acceptors (Lipinski definition) is 4. The number of benzene rings is 2. The van der Waals surface area contributed by atoms with E-state index in [-0.39, 0.29) is 5.56 Å². The van der Waals surface area contributed by atoms with Crippen LogP contribution < -0.4 is 5.32 Å². The number of carbonyl (C=O) groups is 1. The molecule has 0 fully saturated rings. The minimum Gasteiger partial charge on any atom is -0.478 e. The Morgan fingerprint density at radius 3 is 2.43 bits per heavy atom. The molecule has 1 heterocycles. The normalized spacial score (nSPS) is 10.3. The Hall–Kier alpha value is -3.15. The van der Waals surface area contributed by atoms with Crippen LogP contribution in [0.15, 0.2) is 54.6 Å². The summed E-state index contributed by atoms with van der Waals surface area (Å²) in [5, 5.41) is 18.8. The Kier molecular flexibility index (Phi) is 3.34.